The van der Waals surface area contributed by atoms with E-state index in [1.165, 1.54) is 0 Å². The first-order valence-electron chi connectivity index (χ1n) is 9.79. The zero-order valence-corrected chi connectivity index (χ0v) is 17.0. The molecular formula is C20H23ClN6O2. The van der Waals surface area contributed by atoms with Crippen LogP contribution in [0.15, 0.2) is 35.1 Å². The van der Waals surface area contributed by atoms with E-state index in [1.807, 2.05) is 33.7 Å². The van der Waals surface area contributed by atoms with Gasteiger partial charge in [-0.15, -0.1) is 12.4 Å². The maximum atomic E-state index is 13.1. The second-order valence-corrected chi connectivity index (χ2v) is 7.21. The molecule has 5 rings (SSSR count). The topological polar surface area (TPSA) is 89.1 Å². The predicted octanol–water partition coefficient (Wildman–Crippen LogP) is 3.13. The van der Waals surface area contributed by atoms with Crippen LogP contribution in [-0.4, -0.2) is 43.6 Å². The fraction of sp³-hybridized carbons (Fsp3) is 0.400. The third-order valence-electron chi connectivity index (χ3n) is 5.41. The van der Waals surface area contributed by atoms with Crippen LogP contribution in [0.1, 0.15) is 54.2 Å². The molecule has 1 saturated heterocycles. The number of halogens is 1. The molecule has 152 valence electrons. The van der Waals surface area contributed by atoms with Gasteiger partial charge in [0.2, 0.25) is 11.7 Å². The lowest BCUT2D eigenvalue weighted by Gasteiger charge is -2.22. The predicted molar refractivity (Wildman–Crippen MR) is 109 cm³/mol. The molecule has 1 N–H and O–H groups in total. The maximum absolute atomic E-state index is 13.1. The van der Waals surface area contributed by atoms with Gasteiger partial charge < -0.3 is 14.7 Å². The van der Waals surface area contributed by atoms with Crippen LogP contribution < -0.4 is 5.32 Å². The van der Waals surface area contributed by atoms with E-state index >= 15 is 0 Å². The first-order valence-corrected chi connectivity index (χ1v) is 9.79. The fourth-order valence-electron chi connectivity index (χ4n) is 4.15. The molecule has 0 saturated carbocycles. The SMILES string of the molecule is CCCNCc1nc(-c2ncn3c2[C@@H]2CCCN2C(=O)c2ccccc2-3)no1.Cl. The van der Waals surface area contributed by atoms with Crippen molar-refractivity contribution < 1.29 is 9.32 Å². The number of carbonyl (C=O) groups is 1. The number of aromatic nitrogens is 4. The van der Waals surface area contributed by atoms with Gasteiger partial charge in [-0.25, -0.2) is 4.98 Å². The number of fused-ring (bicyclic) bond motifs is 5. The molecule has 1 amide bonds. The molecule has 8 nitrogen and oxygen atoms in total. The van der Waals surface area contributed by atoms with Gasteiger partial charge in [0.1, 0.15) is 12.0 Å². The van der Waals surface area contributed by atoms with Crippen molar-refractivity contribution in [2.24, 2.45) is 0 Å². The lowest BCUT2D eigenvalue weighted by molar-refractivity contribution is 0.0739. The zero-order valence-electron chi connectivity index (χ0n) is 16.2. The quantitative estimate of drug-likeness (QED) is 0.645. The number of para-hydroxylation sites is 1. The molecule has 0 bridgehead atoms. The highest BCUT2D eigenvalue weighted by Gasteiger charge is 2.39. The number of nitrogens with zero attached hydrogens (tertiary/aromatic N) is 5. The Kier molecular flexibility index (Phi) is 5.38. The normalized spacial score (nSPS) is 17.3. The minimum absolute atomic E-state index is 0. The number of rotatable bonds is 5. The third-order valence-corrected chi connectivity index (χ3v) is 5.41. The highest BCUT2D eigenvalue weighted by Crippen LogP contribution is 2.41. The molecule has 3 aromatic rings. The second kappa shape index (κ2) is 7.96. The Hall–Kier alpha value is -2.71. The zero-order chi connectivity index (χ0) is 19.1. The van der Waals surface area contributed by atoms with Crippen molar-refractivity contribution in [2.45, 2.75) is 38.8 Å². The van der Waals surface area contributed by atoms with Gasteiger partial charge >= 0.3 is 0 Å². The van der Waals surface area contributed by atoms with E-state index in [0.29, 0.717) is 29.5 Å². The molecule has 0 aliphatic carbocycles. The van der Waals surface area contributed by atoms with Gasteiger partial charge in [-0.05, 0) is 37.9 Å². The van der Waals surface area contributed by atoms with Crippen LogP contribution in [0, 0.1) is 0 Å². The van der Waals surface area contributed by atoms with Crippen LogP contribution in [0.2, 0.25) is 0 Å². The van der Waals surface area contributed by atoms with E-state index < -0.39 is 0 Å². The molecule has 4 heterocycles. The van der Waals surface area contributed by atoms with Crippen LogP contribution >= 0.6 is 12.4 Å². The van der Waals surface area contributed by atoms with E-state index in [2.05, 4.69) is 27.4 Å². The standard InChI is InChI=1S/C20H22N6O2.ClH/c1-2-9-21-11-16-23-19(24-28-16)17-18-15-8-5-10-25(15)20(27)13-6-3-4-7-14(13)26(18)12-22-17;/h3-4,6-7,12,15,21H,2,5,8-11H2,1H3;1H/t15-;/m0./s1. The molecule has 2 aliphatic heterocycles. The first kappa shape index (κ1) is 19.6. The molecule has 1 aromatic carbocycles. The first-order chi connectivity index (χ1) is 13.8. The monoisotopic (exact) mass is 414 g/mol. The van der Waals surface area contributed by atoms with Gasteiger partial charge in [0.05, 0.1) is 29.5 Å². The Balaban J connectivity index is 0.00000205. The number of hydrogen-bond acceptors (Lipinski definition) is 6. The second-order valence-electron chi connectivity index (χ2n) is 7.21. The maximum Gasteiger partial charge on any atom is 0.256 e. The summed E-state index contributed by atoms with van der Waals surface area (Å²) in [7, 11) is 0. The minimum atomic E-state index is -0.0300. The summed E-state index contributed by atoms with van der Waals surface area (Å²) in [6.45, 7) is 4.29. The summed E-state index contributed by atoms with van der Waals surface area (Å²) >= 11 is 0. The Morgan fingerprint density at radius 3 is 3.03 bits per heavy atom. The van der Waals surface area contributed by atoms with Crippen LogP contribution in [-0.2, 0) is 6.54 Å². The van der Waals surface area contributed by atoms with E-state index in [0.717, 1.165) is 43.7 Å². The lowest BCUT2D eigenvalue weighted by Crippen LogP contribution is -2.29. The molecule has 0 radical (unpaired) electrons. The third kappa shape index (κ3) is 3.22. The van der Waals surface area contributed by atoms with Crippen molar-refractivity contribution in [2.75, 3.05) is 13.1 Å². The van der Waals surface area contributed by atoms with Crippen LogP contribution in [0.3, 0.4) is 0 Å². The number of hydrogen-bond donors (Lipinski definition) is 1. The molecule has 0 spiro atoms. The highest BCUT2D eigenvalue weighted by atomic mass is 35.5. The van der Waals surface area contributed by atoms with E-state index in [9.17, 15) is 4.79 Å². The van der Waals surface area contributed by atoms with Crippen molar-refractivity contribution in [3.8, 4) is 17.2 Å². The summed E-state index contributed by atoms with van der Waals surface area (Å²) in [6.07, 6.45) is 4.69. The van der Waals surface area contributed by atoms with Crippen molar-refractivity contribution in [3.63, 3.8) is 0 Å². The highest BCUT2D eigenvalue weighted by molar-refractivity contribution is 5.99. The summed E-state index contributed by atoms with van der Waals surface area (Å²) < 4.78 is 7.42. The number of benzene rings is 1. The molecule has 9 heteroatoms. The van der Waals surface area contributed by atoms with Gasteiger partial charge in [0.25, 0.3) is 5.91 Å². The van der Waals surface area contributed by atoms with Crippen molar-refractivity contribution in [3.05, 3.63) is 47.7 Å². The van der Waals surface area contributed by atoms with Gasteiger partial charge in [0, 0.05) is 6.54 Å². The molecule has 1 fully saturated rings. The Morgan fingerprint density at radius 2 is 2.17 bits per heavy atom. The largest absolute Gasteiger partial charge is 0.337 e. The summed E-state index contributed by atoms with van der Waals surface area (Å²) in [4.78, 5) is 24.2. The molecular weight excluding hydrogens is 392 g/mol. The summed E-state index contributed by atoms with van der Waals surface area (Å²) in [6, 6.07) is 7.66. The fourth-order valence-corrected chi connectivity index (χ4v) is 4.15. The molecule has 0 unspecified atom stereocenters. The van der Waals surface area contributed by atoms with Gasteiger partial charge in [-0.2, -0.15) is 4.98 Å². The smallest absolute Gasteiger partial charge is 0.256 e. The Bertz CT molecular complexity index is 1030. The van der Waals surface area contributed by atoms with Gasteiger partial charge in [0.15, 0.2) is 0 Å². The van der Waals surface area contributed by atoms with Gasteiger partial charge in [-0.1, -0.05) is 24.2 Å². The number of amides is 1. The van der Waals surface area contributed by atoms with Crippen molar-refractivity contribution in [1.82, 2.24) is 29.9 Å². The van der Waals surface area contributed by atoms with E-state index in [4.69, 9.17) is 4.52 Å². The average molecular weight is 415 g/mol. The Morgan fingerprint density at radius 1 is 1.31 bits per heavy atom. The van der Waals surface area contributed by atoms with Crippen molar-refractivity contribution >= 4 is 18.3 Å². The summed E-state index contributed by atoms with van der Waals surface area (Å²) in [5, 5.41) is 7.42. The molecule has 1 atom stereocenters. The van der Waals surface area contributed by atoms with Crippen molar-refractivity contribution in [1.29, 1.82) is 0 Å². The van der Waals surface area contributed by atoms with E-state index in [1.54, 1.807) is 6.33 Å². The van der Waals surface area contributed by atoms with Crippen LogP contribution in [0.5, 0.6) is 0 Å². The van der Waals surface area contributed by atoms with Crippen LogP contribution in [0.4, 0.5) is 0 Å². The van der Waals surface area contributed by atoms with Gasteiger partial charge in [-0.3, -0.25) is 9.36 Å². The average Bonchev–Trinajstić information content (AvgIpc) is 3.44. The summed E-state index contributed by atoms with van der Waals surface area (Å²) in [5.41, 5.74) is 3.20. The molecule has 29 heavy (non-hydrogen) atoms. The Labute approximate surface area is 174 Å². The number of carbonyl (C=O) groups excluding carboxylic acids is 1. The minimum Gasteiger partial charge on any atom is -0.337 e. The number of imidazole rings is 1. The van der Waals surface area contributed by atoms with E-state index in [-0.39, 0.29) is 24.4 Å². The number of nitrogens with one attached hydrogen (secondary N) is 1. The summed E-state index contributed by atoms with van der Waals surface area (Å²) in [5.74, 6) is 1.09. The van der Waals surface area contributed by atoms with Crippen LogP contribution in [0.25, 0.3) is 17.2 Å². The molecule has 2 aliphatic rings. The molecule has 2 aromatic heterocycles. The lowest BCUT2D eigenvalue weighted by atomic mass is 10.1.